The number of aryl methyl sites for hydroxylation is 1. The lowest BCUT2D eigenvalue weighted by Gasteiger charge is -2.17. The van der Waals surface area contributed by atoms with E-state index in [1.54, 1.807) is 11.3 Å². The summed E-state index contributed by atoms with van der Waals surface area (Å²) in [4.78, 5) is 4.55. The second-order valence-electron chi connectivity index (χ2n) is 4.75. The largest absolute Gasteiger partial charge is 0.313 e. The standard InChI is InChI=1S/C13H24N2S2/c1-5-14-12(8-16-7-10(2)3)6-13-9-17-11(4)15-13/h9-10,12,14H,5-8H2,1-4H3. The lowest BCUT2D eigenvalue weighted by molar-refractivity contribution is 0.567. The highest BCUT2D eigenvalue weighted by Crippen LogP contribution is 2.14. The molecular weight excluding hydrogens is 248 g/mol. The number of hydrogen-bond donors (Lipinski definition) is 1. The van der Waals surface area contributed by atoms with E-state index in [4.69, 9.17) is 0 Å². The van der Waals surface area contributed by atoms with Gasteiger partial charge in [-0.2, -0.15) is 11.8 Å². The van der Waals surface area contributed by atoms with E-state index in [1.807, 2.05) is 11.8 Å². The van der Waals surface area contributed by atoms with Crippen LogP contribution in [0.5, 0.6) is 0 Å². The fourth-order valence-corrected chi connectivity index (χ4v) is 3.43. The van der Waals surface area contributed by atoms with Crippen LogP contribution < -0.4 is 5.32 Å². The molecule has 1 aromatic rings. The molecule has 17 heavy (non-hydrogen) atoms. The van der Waals surface area contributed by atoms with Crippen molar-refractivity contribution in [2.24, 2.45) is 5.92 Å². The number of nitrogens with one attached hydrogen (secondary N) is 1. The number of rotatable bonds is 8. The van der Waals surface area contributed by atoms with E-state index in [2.05, 4.69) is 43.4 Å². The van der Waals surface area contributed by atoms with Crippen LogP contribution in [0.2, 0.25) is 0 Å². The first-order chi connectivity index (χ1) is 8.11. The number of thiazole rings is 1. The van der Waals surface area contributed by atoms with Gasteiger partial charge in [0.15, 0.2) is 0 Å². The molecule has 0 spiro atoms. The molecular formula is C13H24N2S2. The summed E-state index contributed by atoms with van der Waals surface area (Å²) >= 11 is 3.80. The van der Waals surface area contributed by atoms with Gasteiger partial charge in [-0.3, -0.25) is 0 Å². The van der Waals surface area contributed by atoms with E-state index in [0.29, 0.717) is 6.04 Å². The number of nitrogens with zero attached hydrogens (tertiary/aromatic N) is 1. The molecule has 0 saturated heterocycles. The molecule has 0 aliphatic rings. The minimum absolute atomic E-state index is 0.560. The van der Waals surface area contributed by atoms with Crippen LogP contribution in [0.15, 0.2) is 5.38 Å². The third-order valence-electron chi connectivity index (χ3n) is 2.39. The van der Waals surface area contributed by atoms with Crippen LogP contribution in [0.4, 0.5) is 0 Å². The molecule has 0 bridgehead atoms. The highest BCUT2D eigenvalue weighted by atomic mass is 32.2. The normalized spacial score (nSPS) is 13.2. The number of likely N-dealkylation sites (N-methyl/N-ethyl adjacent to an activating group) is 1. The van der Waals surface area contributed by atoms with Gasteiger partial charge in [-0.25, -0.2) is 4.98 Å². The maximum absolute atomic E-state index is 4.55. The zero-order valence-electron chi connectivity index (χ0n) is 11.3. The highest BCUT2D eigenvalue weighted by Gasteiger charge is 2.10. The molecule has 1 N–H and O–H groups in total. The average Bonchev–Trinajstić information content (AvgIpc) is 2.63. The number of hydrogen-bond acceptors (Lipinski definition) is 4. The molecule has 1 heterocycles. The fourth-order valence-electron chi connectivity index (χ4n) is 1.68. The molecule has 0 aromatic carbocycles. The van der Waals surface area contributed by atoms with Crippen molar-refractivity contribution in [3.63, 3.8) is 0 Å². The molecule has 0 amide bonds. The van der Waals surface area contributed by atoms with Crippen molar-refractivity contribution < 1.29 is 0 Å². The molecule has 0 aliphatic carbocycles. The van der Waals surface area contributed by atoms with Gasteiger partial charge < -0.3 is 5.32 Å². The van der Waals surface area contributed by atoms with Crippen molar-refractivity contribution in [3.05, 3.63) is 16.1 Å². The second kappa shape index (κ2) is 8.11. The van der Waals surface area contributed by atoms with E-state index in [9.17, 15) is 0 Å². The summed E-state index contributed by atoms with van der Waals surface area (Å²) < 4.78 is 0. The molecule has 1 unspecified atom stereocenters. The molecule has 0 fully saturated rings. The van der Waals surface area contributed by atoms with Crippen LogP contribution in [-0.2, 0) is 6.42 Å². The zero-order chi connectivity index (χ0) is 12.7. The fraction of sp³-hybridized carbons (Fsp3) is 0.769. The first kappa shape index (κ1) is 15.0. The Balaban J connectivity index is 2.37. The van der Waals surface area contributed by atoms with Crippen molar-refractivity contribution in [1.82, 2.24) is 10.3 Å². The van der Waals surface area contributed by atoms with Crippen molar-refractivity contribution in [2.45, 2.75) is 40.2 Å². The van der Waals surface area contributed by atoms with Gasteiger partial charge in [0.1, 0.15) is 0 Å². The predicted octanol–water partition coefficient (Wildman–Crippen LogP) is 3.36. The van der Waals surface area contributed by atoms with Crippen molar-refractivity contribution in [1.29, 1.82) is 0 Å². The Bertz CT molecular complexity index is 310. The van der Waals surface area contributed by atoms with Gasteiger partial charge in [-0.1, -0.05) is 20.8 Å². The predicted molar refractivity (Wildman–Crippen MR) is 80.2 cm³/mol. The van der Waals surface area contributed by atoms with Crippen LogP contribution in [0.1, 0.15) is 31.5 Å². The van der Waals surface area contributed by atoms with Gasteiger partial charge in [0.25, 0.3) is 0 Å². The Morgan fingerprint density at radius 2 is 2.18 bits per heavy atom. The third kappa shape index (κ3) is 6.43. The van der Waals surface area contributed by atoms with Crippen LogP contribution in [-0.4, -0.2) is 29.1 Å². The zero-order valence-corrected chi connectivity index (χ0v) is 13.0. The van der Waals surface area contributed by atoms with Crippen molar-refractivity contribution in [3.8, 4) is 0 Å². The SMILES string of the molecule is CCNC(CSCC(C)C)Cc1csc(C)n1. The molecule has 1 rings (SSSR count). The van der Waals surface area contributed by atoms with Crippen LogP contribution >= 0.6 is 23.1 Å². The monoisotopic (exact) mass is 272 g/mol. The number of aromatic nitrogens is 1. The summed E-state index contributed by atoms with van der Waals surface area (Å²) in [6.45, 7) is 9.84. The summed E-state index contributed by atoms with van der Waals surface area (Å²) in [6.07, 6.45) is 1.06. The average molecular weight is 272 g/mol. The van der Waals surface area contributed by atoms with Gasteiger partial charge in [-0.15, -0.1) is 11.3 Å². The van der Waals surface area contributed by atoms with Crippen LogP contribution in [0.3, 0.4) is 0 Å². The summed E-state index contributed by atoms with van der Waals surface area (Å²) in [6, 6.07) is 0.560. The van der Waals surface area contributed by atoms with Gasteiger partial charge in [0.2, 0.25) is 0 Å². The Morgan fingerprint density at radius 3 is 2.71 bits per heavy atom. The molecule has 0 aliphatic heterocycles. The summed E-state index contributed by atoms with van der Waals surface area (Å²) in [5, 5.41) is 6.92. The molecule has 0 saturated carbocycles. The topological polar surface area (TPSA) is 24.9 Å². The third-order valence-corrected chi connectivity index (χ3v) is 4.75. The smallest absolute Gasteiger partial charge is 0.0897 e. The summed E-state index contributed by atoms with van der Waals surface area (Å²) in [7, 11) is 0. The van der Waals surface area contributed by atoms with Gasteiger partial charge in [0.05, 0.1) is 10.7 Å². The van der Waals surface area contributed by atoms with Gasteiger partial charge in [0, 0.05) is 23.6 Å². The van der Waals surface area contributed by atoms with E-state index < -0.39 is 0 Å². The minimum Gasteiger partial charge on any atom is -0.313 e. The first-order valence-electron chi connectivity index (χ1n) is 6.34. The molecule has 2 nitrogen and oxygen atoms in total. The highest BCUT2D eigenvalue weighted by molar-refractivity contribution is 7.99. The molecule has 1 atom stereocenters. The van der Waals surface area contributed by atoms with Crippen molar-refractivity contribution in [2.75, 3.05) is 18.1 Å². The van der Waals surface area contributed by atoms with E-state index in [0.717, 1.165) is 18.9 Å². The van der Waals surface area contributed by atoms with Crippen molar-refractivity contribution >= 4 is 23.1 Å². The second-order valence-corrected chi connectivity index (χ2v) is 6.89. The van der Waals surface area contributed by atoms with E-state index >= 15 is 0 Å². The van der Waals surface area contributed by atoms with Gasteiger partial charge in [-0.05, 0) is 25.1 Å². The molecule has 98 valence electrons. The lowest BCUT2D eigenvalue weighted by atomic mass is 10.2. The van der Waals surface area contributed by atoms with Crippen LogP contribution in [0.25, 0.3) is 0 Å². The number of thioether (sulfide) groups is 1. The molecule has 0 radical (unpaired) electrons. The Kier molecular flexibility index (Phi) is 7.16. The Hall–Kier alpha value is -0.0600. The van der Waals surface area contributed by atoms with Gasteiger partial charge >= 0.3 is 0 Å². The van der Waals surface area contributed by atoms with E-state index in [1.165, 1.54) is 22.2 Å². The summed E-state index contributed by atoms with van der Waals surface area (Å²) in [5.74, 6) is 3.21. The lowest BCUT2D eigenvalue weighted by Crippen LogP contribution is -2.33. The Labute approximate surface area is 114 Å². The maximum atomic E-state index is 4.55. The summed E-state index contributed by atoms with van der Waals surface area (Å²) in [5.41, 5.74) is 1.24. The van der Waals surface area contributed by atoms with E-state index in [-0.39, 0.29) is 0 Å². The van der Waals surface area contributed by atoms with Crippen LogP contribution in [0, 0.1) is 12.8 Å². The Morgan fingerprint density at radius 1 is 1.41 bits per heavy atom. The molecule has 4 heteroatoms. The first-order valence-corrected chi connectivity index (χ1v) is 8.37. The maximum Gasteiger partial charge on any atom is 0.0897 e. The minimum atomic E-state index is 0.560. The quantitative estimate of drug-likeness (QED) is 0.785. The molecule has 1 aromatic heterocycles.